The van der Waals surface area contributed by atoms with Crippen LogP contribution in [0.3, 0.4) is 0 Å². The molecular weight excluding hydrogens is 944 g/mol. The molecular formula is C54H64Cl2N8O7. The minimum Gasteiger partial charge on any atom is -0.457 e. The fraction of sp³-hybridized carbons (Fsp3) is 0.407. The van der Waals surface area contributed by atoms with Gasteiger partial charge in [0.05, 0.1) is 44.1 Å². The van der Waals surface area contributed by atoms with Crippen LogP contribution in [-0.4, -0.2) is 131 Å². The SMILES string of the molecule is C[C@H]1CNC(=O)C[C@H](Cc2ccc(Cl)cc2)N(C)C(=O)[C@H](C2COC2)NC(=O)[C@H](C)N(Cc2ccc(Cl)cc2Oc2ccc(-c3cnc(CN(C)C)n3C)cc2)C(=O)C[C@@H](Cc2ccccc2)C(=O)N1C. The van der Waals surface area contributed by atoms with Crippen LogP contribution in [-0.2, 0) is 61.7 Å². The van der Waals surface area contributed by atoms with Crippen LogP contribution in [0.5, 0.6) is 11.5 Å². The first kappa shape index (κ1) is 52.6. The van der Waals surface area contributed by atoms with Gasteiger partial charge in [0, 0.05) is 79.7 Å². The third-order valence-corrected chi connectivity index (χ3v) is 14.0. The van der Waals surface area contributed by atoms with Crippen LogP contribution in [0.25, 0.3) is 11.3 Å². The zero-order valence-electron chi connectivity index (χ0n) is 41.4. The maximum absolute atomic E-state index is 15.1. The van der Waals surface area contributed by atoms with Crippen LogP contribution in [0.4, 0.5) is 0 Å². The minimum atomic E-state index is -1.15. The van der Waals surface area contributed by atoms with Crippen molar-refractivity contribution < 1.29 is 33.4 Å². The van der Waals surface area contributed by atoms with Gasteiger partial charge >= 0.3 is 0 Å². The number of aromatic nitrogens is 2. The van der Waals surface area contributed by atoms with E-state index in [9.17, 15) is 19.2 Å². The van der Waals surface area contributed by atoms with Crippen LogP contribution in [0, 0.1) is 11.8 Å². The van der Waals surface area contributed by atoms with Crippen LogP contribution in [0.1, 0.15) is 49.2 Å². The van der Waals surface area contributed by atoms with Gasteiger partial charge in [0.15, 0.2) is 0 Å². The molecule has 3 heterocycles. The van der Waals surface area contributed by atoms with E-state index in [0.29, 0.717) is 40.1 Å². The summed E-state index contributed by atoms with van der Waals surface area (Å²) in [5.41, 5.74) is 4.13. The molecule has 2 fully saturated rings. The molecule has 376 valence electrons. The Morgan fingerprint density at radius 3 is 2.13 bits per heavy atom. The van der Waals surface area contributed by atoms with Crippen molar-refractivity contribution in [3.05, 3.63) is 136 Å². The highest BCUT2D eigenvalue weighted by molar-refractivity contribution is 6.31. The van der Waals surface area contributed by atoms with Crippen LogP contribution >= 0.6 is 23.2 Å². The van der Waals surface area contributed by atoms with Crippen molar-refractivity contribution >= 4 is 52.7 Å². The Morgan fingerprint density at radius 2 is 1.46 bits per heavy atom. The molecule has 0 unspecified atom stereocenters. The normalized spacial score (nSPS) is 21.4. The molecule has 5 aromatic rings. The van der Waals surface area contributed by atoms with Gasteiger partial charge in [0.25, 0.3) is 0 Å². The van der Waals surface area contributed by atoms with Gasteiger partial charge in [0.1, 0.15) is 29.4 Å². The topological polar surface area (TPSA) is 159 Å². The van der Waals surface area contributed by atoms with E-state index in [-0.39, 0.29) is 63.3 Å². The molecule has 0 radical (unpaired) electrons. The number of imidazole rings is 1. The number of amides is 5. The molecule has 0 bridgehead atoms. The number of nitrogens with zero attached hydrogens (tertiary/aromatic N) is 6. The van der Waals surface area contributed by atoms with Crippen molar-refractivity contribution in [3.63, 3.8) is 0 Å². The number of halogens is 2. The van der Waals surface area contributed by atoms with Gasteiger partial charge in [-0.15, -0.1) is 0 Å². The van der Waals surface area contributed by atoms with Crippen molar-refractivity contribution in [2.24, 2.45) is 18.9 Å². The highest BCUT2D eigenvalue weighted by Crippen LogP contribution is 2.33. The highest BCUT2D eigenvalue weighted by atomic mass is 35.5. The predicted molar refractivity (Wildman–Crippen MR) is 274 cm³/mol. The zero-order valence-corrected chi connectivity index (χ0v) is 43.0. The van der Waals surface area contributed by atoms with Crippen molar-refractivity contribution in [1.29, 1.82) is 0 Å². The van der Waals surface area contributed by atoms with E-state index in [1.807, 2.05) is 101 Å². The quantitative estimate of drug-likeness (QED) is 0.138. The molecule has 2 aliphatic rings. The third-order valence-electron chi connectivity index (χ3n) is 13.6. The summed E-state index contributed by atoms with van der Waals surface area (Å²) in [6, 6.07) is 26.1. The standard InChI is InChI=1S/C54H64Cl2N8O7/c1-34-28-58-49(65)27-44(24-37-13-18-42(55)19-14-37)62(6)54(69)51(41-32-70-33-41)59-52(67)35(2)64(50(66)25-40(53(68)61(34)5)23-36-11-9-8-10-12-36)30-39-15-20-43(56)26-47(39)71-45-21-16-38(17-22-45)46-29-57-48(63(46)7)31-60(3)4/h8-22,26,29,34-35,40-41,44,51H,23-25,27-28,30-33H2,1-7H3,(H,58,65)(H,59,67)/t34-,35-,40+,44-,51-/m0/s1. The van der Waals surface area contributed by atoms with Gasteiger partial charge < -0.3 is 44.3 Å². The number of benzene rings is 4. The second kappa shape index (κ2) is 23.8. The number of hydrogen-bond acceptors (Lipinski definition) is 9. The fourth-order valence-corrected chi connectivity index (χ4v) is 9.18. The molecule has 1 aromatic heterocycles. The van der Waals surface area contributed by atoms with E-state index in [4.69, 9.17) is 32.7 Å². The lowest BCUT2D eigenvalue weighted by atomic mass is 9.93. The largest absolute Gasteiger partial charge is 0.457 e. The summed E-state index contributed by atoms with van der Waals surface area (Å²) in [7, 11) is 9.27. The Kier molecular flexibility index (Phi) is 17.6. The predicted octanol–water partition coefficient (Wildman–Crippen LogP) is 6.78. The van der Waals surface area contributed by atoms with E-state index in [0.717, 1.165) is 28.2 Å². The minimum absolute atomic E-state index is 0.0513. The molecule has 5 amide bonds. The van der Waals surface area contributed by atoms with Gasteiger partial charge in [-0.3, -0.25) is 24.0 Å². The number of carbonyl (C=O) groups excluding carboxylic acids is 5. The van der Waals surface area contributed by atoms with Crippen molar-refractivity contribution in [3.8, 4) is 22.8 Å². The summed E-state index contributed by atoms with van der Waals surface area (Å²) in [6.07, 6.45) is 2.10. The Bertz CT molecular complexity index is 2660. The van der Waals surface area contributed by atoms with E-state index >= 15 is 4.79 Å². The Labute approximate surface area is 426 Å². The second-order valence-electron chi connectivity index (χ2n) is 19.0. The summed E-state index contributed by atoms with van der Waals surface area (Å²) < 4.78 is 14.1. The first-order chi connectivity index (χ1) is 33.9. The molecule has 4 aromatic carbocycles. The number of hydrogen-bond donors (Lipinski definition) is 2. The Hall–Kier alpha value is -6.26. The summed E-state index contributed by atoms with van der Waals surface area (Å²) in [5.74, 6) is -1.48. The lowest BCUT2D eigenvalue weighted by Crippen LogP contribution is -2.61. The molecule has 0 aliphatic carbocycles. The average molecular weight is 1010 g/mol. The Balaban J connectivity index is 1.23. The van der Waals surface area contributed by atoms with Gasteiger partial charge in [0.2, 0.25) is 29.5 Å². The zero-order chi connectivity index (χ0) is 50.9. The smallest absolute Gasteiger partial charge is 0.245 e. The average Bonchev–Trinajstić information content (AvgIpc) is 3.69. The maximum Gasteiger partial charge on any atom is 0.245 e. The summed E-state index contributed by atoms with van der Waals surface area (Å²) in [6.45, 7) is 4.60. The first-order valence-corrected chi connectivity index (χ1v) is 24.7. The van der Waals surface area contributed by atoms with Gasteiger partial charge in [-0.25, -0.2) is 4.98 Å². The molecule has 71 heavy (non-hydrogen) atoms. The number of rotatable bonds is 12. The first-order valence-electron chi connectivity index (χ1n) is 23.9. The van der Waals surface area contributed by atoms with Gasteiger partial charge in [-0.2, -0.15) is 0 Å². The van der Waals surface area contributed by atoms with Gasteiger partial charge in [-0.05, 0) is 100 Å². The second-order valence-corrected chi connectivity index (χ2v) is 19.9. The number of ether oxygens (including phenoxy) is 2. The molecule has 2 N–H and O–H groups in total. The Morgan fingerprint density at radius 1 is 0.789 bits per heavy atom. The van der Waals surface area contributed by atoms with E-state index in [2.05, 4.69) is 25.1 Å². The molecule has 7 rings (SSSR count). The monoisotopic (exact) mass is 1010 g/mol. The van der Waals surface area contributed by atoms with E-state index < -0.39 is 47.8 Å². The van der Waals surface area contributed by atoms with Crippen molar-refractivity contribution in [2.75, 3.05) is 47.9 Å². The summed E-state index contributed by atoms with van der Waals surface area (Å²) >= 11 is 12.8. The molecule has 2 aliphatic heterocycles. The molecule has 0 spiro atoms. The van der Waals surface area contributed by atoms with Crippen LogP contribution < -0.4 is 15.4 Å². The lowest BCUT2D eigenvalue weighted by molar-refractivity contribution is -0.149. The number of likely N-dealkylation sites (N-methyl/N-ethyl adjacent to an activating group) is 2. The fourth-order valence-electron chi connectivity index (χ4n) is 8.89. The maximum atomic E-state index is 15.1. The number of carbonyl (C=O) groups is 5. The summed E-state index contributed by atoms with van der Waals surface area (Å²) in [4.78, 5) is 84.2. The lowest BCUT2D eigenvalue weighted by Gasteiger charge is -2.39. The summed E-state index contributed by atoms with van der Waals surface area (Å²) in [5, 5.41) is 6.94. The van der Waals surface area contributed by atoms with Crippen LogP contribution in [0.15, 0.2) is 103 Å². The highest BCUT2D eigenvalue weighted by Gasteiger charge is 2.41. The molecule has 2 saturated heterocycles. The van der Waals surface area contributed by atoms with Crippen molar-refractivity contribution in [2.45, 2.75) is 76.8 Å². The molecule has 5 atom stereocenters. The number of nitrogens with one attached hydrogen (secondary N) is 2. The van der Waals surface area contributed by atoms with Crippen LogP contribution in [0.2, 0.25) is 10.0 Å². The van der Waals surface area contributed by atoms with Gasteiger partial charge in [-0.1, -0.05) is 71.7 Å². The molecule has 0 saturated carbocycles. The van der Waals surface area contributed by atoms with Crippen molar-refractivity contribution in [1.82, 2.24) is 39.8 Å². The molecule has 15 nitrogen and oxygen atoms in total. The van der Waals surface area contributed by atoms with E-state index in [1.54, 1.807) is 56.3 Å². The molecule has 17 heteroatoms. The third kappa shape index (κ3) is 13.4. The van der Waals surface area contributed by atoms with E-state index in [1.165, 1.54) is 9.80 Å².